The number of rotatable bonds is 3. The monoisotopic (exact) mass is 324 g/mol. The number of anilines is 1. The van der Waals surface area contributed by atoms with Gasteiger partial charge in [-0.2, -0.15) is 0 Å². The van der Waals surface area contributed by atoms with Crippen LogP contribution in [0.4, 0.5) is 5.82 Å². The second-order valence-electron chi connectivity index (χ2n) is 3.25. The summed E-state index contributed by atoms with van der Waals surface area (Å²) < 4.78 is 0. The molecule has 0 aliphatic heterocycles. The van der Waals surface area contributed by atoms with Crippen LogP contribution in [0.25, 0.3) is 0 Å². The summed E-state index contributed by atoms with van der Waals surface area (Å²) in [6.07, 6.45) is 0.691. The lowest BCUT2D eigenvalue weighted by Gasteiger charge is -2.10. The number of halogens is 3. The van der Waals surface area contributed by atoms with E-state index >= 15 is 0 Å². The Bertz CT molecular complexity index is 412. The van der Waals surface area contributed by atoms with E-state index in [9.17, 15) is 4.79 Å². The zero-order chi connectivity index (χ0) is 12.3. The van der Waals surface area contributed by atoms with Crippen LogP contribution in [-0.4, -0.2) is 15.7 Å². The minimum Gasteiger partial charge on any atom is -0.308 e. The Morgan fingerprint density at radius 2 is 2.19 bits per heavy atom. The van der Waals surface area contributed by atoms with Crippen molar-refractivity contribution in [2.24, 2.45) is 0 Å². The molecule has 0 aliphatic rings. The summed E-state index contributed by atoms with van der Waals surface area (Å²) in [7, 11) is 0. The molecule has 0 bridgehead atoms. The fourth-order valence-electron chi connectivity index (χ4n) is 1.03. The van der Waals surface area contributed by atoms with Crippen molar-refractivity contribution in [3.63, 3.8) is 0 Å². The van der Waals surface area contributed by atoms with Gasteiger partial charge in [-0.3, -0.25) is 4.79 Å². The maximum absolute atomic E-state index is 11.6. The molecule has 0 saturated carbocycles. The number of carbonyl (C=O) groups is 1. The van der Waals surface area contributed by atoms with E-state index in [1.165, 1.54) is 0 Å². The number of carbonyl (C=O) groups excluding carboxylic acids is 1. The quantitative estimate of drug-likeness (QED) is 0.859. The molecule has 88 valence electrons. The minimum absolute atomic E-state index is 0.168. The second-order valence-corrected chi connectivity index (χ2v) is 5.17. The van der Waals surface area contributed by atoms with Gasteiger partial charge in [-0.15, -0.1) is 0 Å². The van der Waals surface area contributed by atoms with Crippen molar-refractivity contribution in [2.75, 3.05) is 5.32 Å². The largest absolute Gasteiger partial charge is 0.308 e. The van der Waals surface area contributed by atoms with Crippen LogP contribution in [0.5, 0.6) is 0 Å². The molecule has 1 aromatic heterocycles. The molecule has 1 aromatic rings. The SMILES string of the molecule is CCC(Br)C(=O)Nc1nc(C)c(Cl)cc1Cl. The third-order valence-corrected chi connectivity index (χ3v) is 3.72. The molecule has 0 fully saturated rings. The molecule has 1 atom stereocenters. The summed E-state index contributed by atoms with van der Waals surface area (Å²) >= 11 is 15.0. The Labute approximate surface area is 113 Å². The van der Waals surface area contributed by atoms with Gasteiger partial charge in [0.25, 0.3) is 0 Å². The van der Waals surface area contributed by atoms with Gasteiger partial charge in [-0.1, -0.05) is 46.1 Å². The number of nitrogens with one attached hydrogen (secondary N) is 1. The Kier molecular flexibility index (Phi) is 5.02. The number of alkyl halides is 1. The van der Waals surface area contributed by atoms with Gasteiger partial charge in [-0.05, 0) is 19.4 Å². The summed E-state index contributed by atoms with van der Waals surface area (Å²) in [5, 5.41) is 3.45. The minimum atomic E-state index is -0.249. The summed E-state index contributed by atoms with van der Waals surface area (Å²) in [6.45, 7) is 3.65. The van der Waals surface area contributed by atoms with Crippen LogP contribution in [0, 0.1) is 6.92 Å². The highest BCUT2D eigenvalue weighted by Crippen LogP contribution is 2.26. The molecule has 0 aromatic carbocycles. The molecule has 0 aliphatic carbocycles. The van der Waals surface area contributed by atoms with Gasteiger partial charge >= 0.3 is 0 Å². The van der Waals surface area contributed by atoms with Gasteiger partial charge in [0.05, 0.1) is 20.6 Å². The number of aromatic nitrogens is 1. The van der Waals surface area contributed by atoms with Gasteiger partial charge in [0.2, 0.25) is 5.91 Å². The van der Waals surface area contributed by atoms with E-state index in [0.717, 1.165) is 0 Å². The number of hydrogen-bond acceptors (Lipinski definition) is 2. The van der Waals surface area contributed by atoms with Gasteiger partial charge in [0.1, 0.15) is 0 Å². The maximum Gasteiger partial charge on any atom is 0.239 e. The standard InChI is InChI=1S/C10H11BrCl2N2O/c1-3-6(11)10(16)15-9-8(13)4-7(12)5(2)14-9/h4,6H,3H2,1-2H3,(H,14,15,16). The van der Waals surface area contributed by atoms with E-state index in [2.05, 4.69) is 26.2 Å². The molecule has 1 rings (SSSR count). The summed E-state index contributed by atoms with van der Waals surface area (Å²) in [4.78, 5) is 15.5. The molecule has 1 N–H and O–H groups in total. The molecule has 0 radical (unpaired) electrons. The normalized spacial score (nSPS) is 12.3. The van der Waals surface area contributed by atoms with Crippen LogP contribution < -0.4 is 5.32 Å². The van der Waals surface area contributed by atoms with Crippen molar-refractivity contribution in [1.29, 1.82) is 0 Å². The molecule has 6 heteroatoms. The zero-order valence-corrected chi connectivity index (χ0v) is 11.9. The fourth-order valence-corrected chi connectivity index (χ4v) is 1.55. The summed E-state index contributed by atoms with van der Waals surface area (Å²) in [6, 6.07) is 1.57. The van der Waals surface area contributed by atoms with Gasteiger partial charge < -0.3 is 5.32 Å². The van der Waals surface area contributed by atoms with Crippen LogP contribution in [0.15, 0.2) is 6.07 Å². The molecule has 0 saturated heterocycles. The molecular weight excluding hydrogens is 315 g/mol. The smallest absolute Gasteiger partial charge is 0.239 e. The van der Waals surface area contributed by atoms with Gasteiger partial charge in [-0.25, -0.2) is 4.98 Å². The van der Waals surface area contributed by atoms with E-state index in [1.54, 1.807) is 13.0 Å². The van der Waals surface area contributed by atoms with Crippen LogP contribution in [0.3, 0.4) is 0 Å². The first-order chi connectivity index (χ1) is 7.45. The molecular formula is C10H11BrCl2N2O. The van der Waals surface area contributed by atoms with Crippen LogP contribution in [0.2, 0.25) is 10.0 Å². The predicted octanol–water partition coefficient (Wildman–Crippen LogP) is 3.81. The first kappa shape index (κ1) is 13.7. The third-order valence-electron chi connectivity index (χ3n) is 1.99. The van der Waals surface area contributed by atoms with Crippen molar-refractivity contribution < 1.29 is 4.79 Å². The third kappa shape index (κ3) is 3.34. The van der Waals surface area contributed by atoms with Gasteiger partial charge in [0, 0.05) is 0 Å². The Morgan fingerprint density at radius 1 is 1.56 bits per heavy atom. The van der Waals surface area contributed by atoms with Crippen LogP contribution in [0.1, 0.15) is 19.0 Å². The number of nitrogens with zero attached hydrogens (tertiary/aromatic N) is 1. The Morgan fingerprint density at radius 3 is 2.75 bits per heavy atom. The lowest BCUT2D eigenvalue weighted by Crippen LogP contribution is -2.23. The Hall–Kier alpha value is -0.320. The molecule has 1 heterocycles. The average molecular weight is 326 g/mol. The van der Waals surface area contributed by atoms with Crippen molar-refractivity contribution in [1.82, 2.24) is 4.98 Å². The number of hydrogen-bond donors (Lipinski definition) is 1. The van der Waals surface area contributed by atoms with Crippen molar-refractivity contribution in [3.8, 4) is 0 Å². The first-order valence-corrected chi connectivity index (χ1v) is 6.40. The highest BCUT2D eigenvalue weighted by Gasteiger charge is 2.15. The van der Waals surface area contributed by atoms with E-state index in [4.69, 9.17) is 23.2 Å². The molecule has 1 amide bonds. The lowest BCUT2D eigenvalue weighted by molar-refractivity contribution is -0.115. The van der Waals surface area contributed by atoms with Gasteiger partial charge in [0.15, 0.2) is 5.82 Å². The fraction of sp³-hybridized carbons (Fsp3) is 0.400. The number of amides is 1. The molecule has 16 heavy (non-hydrogen) atoms. The predicted molar refractivity (Wildman–Crippen MR) is 70.6 cm³/mol. The molecule has 0 spiro atoms. The number of aryl methyl sites for hydroxylation is 1. The van der Waals surface area contributed by atoms with E-state index < -0.39 is 0 Å². The summed E-state index contributed by atoms with van der Waals surface area (Å²) in [5.41, 5.74) is 0.629. The van der Waals surface area contributed by atoms with E-state index in [-0.39, 0.29) is 10.7 Å². The number of pyridine rings is 1. The van der Waals surface area contributed by atoms with Crippen molar-refractivity contribution >= 4 is 50.9 Å². The topological polar surface area (TPSA) is 42.0 Å². The van der Waals surface area contributed by atoms with Crippen LogP contribution >= 0.6 is 39.1 Å². The van der Waals surface area contributed by atoms with Crippen molar-refractivity contribution in [2.45, 2.75) is 25.1 Å². The lowest BCUT2D eigenvalue weighted by atomic mass is 10.3. The molecule has 1 unspecified atom stereocenters. The summed E-state index contributed by atoms with van der Waals surface area (Å²) in [5.74, 6) is 0.171. The maximum atomic E-state index is 11.6. The Balaban J connectivity index is 2.90. The highest BCUT2D eigenvalue weighted by molar-refractivity contribution is 9.10. The average Bonchev–Trinajstić information content (AvgIpc) is 2.24. The highest BCUT2D eigenvalue weighted by atomic mass is 79.9. The van der Waals surface area contributed by atoms with Crippen LogP contribution in [-0.2, 0) is 4.79 Å². The zero-order valence-electron chi connectivity index (χ0n) is 8.85. The molecule has 3 nitrogen and oxygen atoms in total. The van der Waals surface area contributed by atoms with E-state index in [1.807, 2.05) is 6.92 Å². The van der Waals surface area contributed by atoms with E-state index in [0.29, 0.717) is 28.0 Å². The van der Waals surface area contributed by atoms with Crippen molar-refractivity contribution in [3.05, 3.63) is 21.8 Å². The first-order valence-electron chi connectivity index (χ1n) is 4.73. The second kappa shape index (κ2) is 5.84.